The van der Waals surface area contributed by atoms with Gasteiger partial charge in [0.05, 0.1) is 33.9 Å². The van der Waals surface area contributed by atoms with E-state index in [0.717, 1.165) is 22.5 Å². The van der Waals surface area contributed by atoms with Gasteiger partial charge in [-0.1, -0.05) is 53.5 Å². The number of aromatic nitrogens is 2. The van der Waals surface area contributed by atoms with E-state index in [1.807, 2.05) is 36.4 Å². The van der Waals surface area contributed by atoms with Crippen LogP contribution in [0.25, 0.3) is 10.9 Å². The predicted octanol–water partition coefficient (Wildman–Crippen LogP) is 4.72. The highest BCUT2D eigenvalue weighted by atomic mass is 35.5. The second-order valence-electron chi connectivity index (χ2n) is 6.68. The fourth-order valence-corrected chi connectivity index (χ4v) is 6.55. The van der Waals surface area contributed by atoms with Gasteiger partial charge in [-0.3, -0.25) is 9.40 Å². The number of nitrogens with two attached hydrogens (primary N) is 1. The summed E-state index contributed by atoms with van der Waals surface area (Å²) in [6, 6.07) is 14.6. The van der Waals surface area contributed by atoms with Crippen LogP contribution in [0.3, 0.4) is 0 Å². The van der Waals surface area contributed by atoms with Crippen molar-refractivity contribution in [2.24, 2.45) is 5.73 Å². The first-order chi connectivity index (χ1) is 14.8. The maximum Gasteiger partial charge on any atom is 0.274 e. The molecule has 0 radical (unpaired) electrons. The monoisotopic (exact) mass is 496 g/mol. The molecule has 2 aromatic heterocycles. The average molecular weight is 497 g/mol. The number of halogens is 2. The molecule has 7 nitrogen and oxygen atoms in total. The highest BCUT2D eigenvalue weighted by molar-refractivity contribution is 7.94. The topological polar surface area (TPSA) is 99.2 Å². The van der Waals surface area contributed by atoms with E-state index in [4.69, 9.17) is 33.7 Å². The van der Waals surface area contributed by atoms with Crippen LogP contribution in [-0.4, -0.2) is 25.3 Å². The van der Waals surface area contributed by atoms with Crippen molar-refractivity contribution in [3.63, 3.8) is 0 Å². The minimum Gasteiger partial charge on any atom is -0.496 e. The molecule has 162 valence electrons. The molecule has 3 N–H and O–H groups in total. The molecule has 0 aliphatic heterocycles. The third-order valence-electron chi connectivity index (χ3n) is 4.62. The van der Waals surface area contributed by atoms with Crippen LogP contribution < -0.4 is 15.2 Å². The van der Waals surface area contributed by atoms with Gasteiger partial charge in [-0.05, 0) is 29.3 Å². The molecule has 2 aromatic carbocycles. The van der Waals surface area contributed by atoms with Gasteiger partial charge in [0.25, 0.3) is 10.0 Å². The Bertz CT molecular complexity index is 1370. The van der Waals surface area contributed by atoms with E-state index in [2.05, 4.69) is 9.82 Å². The number of fused-ring (bicyclic) bond motifs is 1. The molecule has 11 heteroatoms. The summed E-state index contributed by atoms with van der Waals surface area (Å²) in [5.41, 5.74) is 8.44. The smallest absolute Gasteiger partial charge is 0.274 e. The molecule has 0 amide bonds. The van der Waals surface area contributed by atoms with Gasteiger partial charge in [-0.25, -0.2) is 8.42 Å². The minimum absolute atomic E-state index is 0.0526. The third-order valence-corrected chi connectivity index (χ3v) is 8.28. The van der Waals surface area contributed by atoms with E-state index in [-0.39, 0.29) is 19.4 Å². The standard InChI is InChI=1S/C20H18Cl2N4O3S2/c1-29-16-7-3-6-15-18(16)19(25-31(27,28)20-14(21)9-17(22)30-20)24-26(15)11-13-5-2-4-12(8-13)10-23/h2-9H,10-11,23H2,1H3,(H,24,25). The molecule has 0 fully saturated rings. The number of nitrogens with one attached hydrogen (secondary N) is 1. The van der Waals surface area contributed by atoms with Crippen LogP contribution in [0.15, 0.2) is 52.7 Å². The van der Waals surface area contributed by atoms with Gasteiger partial charge in [0.15, 0.2) is 10.0 Å². The lowest BCUT2D eigenvalue weighted by molar-refractivity contribution is 0.420. The summed E-state index contributed by atoms with van der Waals surface area (Å²) in [5.74, 6) is 0.635. The molecule has 4 aromatic rings. The molecule has 0 spiro atoms. The van der Waals surface area contributed by atoms with E-state index in [1.165, 1.54) is 13.2 Å². The zero-order chi connectivity index (χ0) is 22.2. The van der Waals surface area contributed by atoms with Gasteiger partial charge in [-0.2, -0.15) is 5.10 Å². The third kappa shape index (κ3) is 4.37. The van der Waals surface area contributed by atoms with Crippen LogP contribution in [0.1, 0.15) is 11.1 Å². The van der Waals surface area contributed by atoms with E-state index >= 15 is 0 Å². The summed E-state index contributed by atoms with van der Waals surface area (Å²) in [4.78, 5) is 0. The number of hydrogen-bond acceptors (Lipinski definition) is 6. The molecule has 0 bridgehead atoms. The zero-order valence-corrected chi connectivity index (χ0v) is 19.4. The van der Waals surface area contributed by atoms with Crippen molar-refractivity contribution in [3.8, 4) is 5.75 Å². The van der Waals surface area contributed by atoms with Crippen molar-refractivity contribution < 1.29 is 13.2 Å². The number of benzene rings is 2. The summed E-state index contributed by atoms with van der Waals surface area (Å²) in [6.45, 7) is 0.849. The molecule has 0 saturated heterocycles. The van der Waals surface area contributed by atoms with Gasteiger partial charge in [0, 0.05) is 6.54 Å². The lowest BCUT2D eigenvalue weighted by atomic mass is 10.1. The highest BCUT2D eigenvalue weighted by Gasteiger charge is 2.25. The van der Waals surface area contributed by atoms with Gasteiger partial charge in [0.2, 0.25) is 0 Å². The molecule has 0 atom stereocenters. The average Bonchev–Trinajstić information content (AvgIpc) is 3.27. The van der Waals surface area contributed by atoms with Crippen LogP contribution in [-0.2, 0) is 23.1 Å². The van der Waals surface area contributed by atoms with E-state index in [1.54, 1.807) is 10.7 Å². The molecule has 2 heterocycles. The second kappa shape index (κ2) is 8.68. The Morgan fingerprint density at radius 3 is 2.58 bits per heavy atom. The Morgan fingerprint density at radius 1 is 1.16 bits per heavy atom. The minimum atomic E-state index is -4.01. The van der Waals surface area contributed by atoms with Gasteiger partial charge in [-0.15, -0.1) is 11.3 Å². The highest BCUT2D eigenvalue weighted by Crippen LogP contribution is 2.38. The van der Waals surface area contributed by atoms with Crippen LogP contribution in [0.2, 0.25) is 9.36 Å². The van der Waals surface area contributed by atoms with E-state index < -0.39 is 10.0 Å². The number of rotatable bonds is 7. The molecular weight excluding hydrogens is 479 g/mol. The van der Waals surface area contributed by atoms with Crippen LogP contribution in [0, 0.1) is 0 Å². The van der Waals surface area contributed by atoms with Crippen molar-refractivity contribution in [1.29, 1.82) is 0 Å². The lowest BCUT2D eigenvalue weighted by Gasteiger charge is -2.06. The van der Waals surface area contributed by atoms with Crippen molar-refractivity contribution in [2.45, 2.75) is 17.3 Å². The summed E-state index contributed by atoms with van der Waals surface area (Å²) in [6.07, 6.45) is 0. The second-order valence-corrected chi connectivity index (χ2v) is 10.6. The SMILES string of the molecule is COc1cccc2c1c(NS(=O)(=O)c1sc(Cl)cc1Cl)nn2Cc1cccc(CN)c1. The first kappa shape index (κ1) is 21.9. The van der Waals surface area contributed by atoms with Crippen molar-refractivity contribution >= 4 is 61.3 Å². The number of anilines is 1. The maximum atomic E-state index is 13.0. The number of thiophene rings is 1. The number of methoxy groups -OCH3 is 1. The maximum absolute atomic E-state index is 13.0. The van der Waals surface area contributed by atoms with Crippen molar-refractivity contribution in [2.75, 3.05) is 11.8 Å². The number of sulfonamides is 1. The molecular formula is C20H18Cl2N4O3S2. The van der Waals surface area contributed by atoms with Crippen LogP contribution in [0.4, 0.5) is 5.82 Å². The van der Waals surface area contributed by atoms with Gasteiger partial charge >= 0.3 is 0 Å². The first-order valence-corrected chi connectivity index (χ1v) is 12.2. The molecule has 0 aliphatic rings. The lowest BCUT2D eigenvalue weighted by Crippen LogP contribution is -2.13. The summed E-state index contributed by atoms with van der Waals surface area (Å²) >= 11 is 12.9. The Labute approximate surface area is 193 Å². The zero-order valence-electron chi connectivity index (χ0n) is 16.3. The first-order valence-electron chi connectivity index (χ1n) is 9.11. The normalized spacial score (nSPS) is 11.7. The number of hydrogen-bond donors (Lipinski definition) is 2. The molecule has 0 aliphatic carbocycles. The molecule has 0 unspecified atom stereocenters. The number of nitrogens with zero attached hydrogens (tertiary/aromatic N) is 2. The quantitative estimate of drug-likeness (QED) is 0.385. The Balaban J connectivity index is 1.81. The fourth-order valence-electron chi connectivity index (χ4n) is 3.27. The largest absolute Gasteiger partial charge is 0.496 e. The fraction of sp³-hybridized carbons (Fsp3) is 0.150. The number of ether oxygens (including phenoxy) is 1. The van der Waals surface area contributed by atoms with E-state index in [9.17, 15) is 8.42 Å². The molecule has 31 heavy (non-hydrogen) atoms. The van der Waals surface area contributed by atoms with Crippen LogP contribution >= 0.6 is 34.5 Å². The van der Waals surface area contributed by atoms with Gasteiger partial charge < -0.3 is 10.5 Å². The van der Waals surface area contributed by atoms with Crippen molar-refractivity contribution in [1.82, 2.24) is 9.78 Å². The van der Waals surface area contributed by atoms with Gasteiger partial charge in [0.1, 0.15) is 5.75 Å². The summed E-state index contributed by atoms with van der Waals surface area (Å²) in [5, 5.41) is 5.14. The Hall–Kier alpha value is -2.30. The Morgan fingerprint density at radius 2 is 1.90 bits per heavy atom. The summed E-state index contributed by atoms with van der Waals surface area (Å²) in [7, 11) is -2.49. The van der Waals surface area contributed by atoms with Crippen LogP contribution in [0.5, 0.6) is 5.75 Å². The summed E-state index contributed by atoms with van der Waals surface area (Å²) < 4.78 is 35.9. The molecule has 4 rings (SSSR count). The Kier molecular flexibility index (Phi) is 6.14. The van der Waals surface area contributed by atoms with Crippen molar-refractivity contribution in [3.05, 3.63) is 69.0 Å². The molecule has 0 saturated carbocycles. The van der Waals surface area contributed by atoms with E-state index in [0.29, 0.717) is 29.7 Å². The predicted molar refractivity (Wildman–Crippen MR) is 125 cm³/mol.